The molecular formula is C63H115F2NO6. The van der Waals surface area contributed by atoms with Crippen LogP contribution in [0.2, 0.25) is 0 Å². The number of rotatable bonds is 48. The van der Waals surface area contributed by atoms with E-state index in [1.54, 1.807) is 0 Å². The molecule has 9 heteroatoms. The van der Waals surface area contributed by atoms with Gasteiger partial charge in [0.25, 0.3) is 0 Å². The Morgan fingerprint density at radius 1 is 0.431 bits per heavy atom. The van der Waals surface area contributed by atoms with Crippen molar-refractivity contribution in [1.29, 1.82) is 0 Å². The molecule has 4 saturated carbocycles. The second kappa shape index (κ2) is 37.9. The van der Waals surface area contributed by atoms with Gasteiger partial charge in [0.15, 0.2) is 12.3 Å². The Kier molecular flexibility index (Phi) is 34.0. The molecule has 4 bridgehead atoms. The zero-order valence-corrected chi connectivity index (χ0v) is 48.1. The zero-order valence-electron chi connectivity index (χ0n) is 48.1. The van der Waals surface area contributed by atoms with E-state index in [0.29, 0.717) is 51.4 Å². The van der Waals surface area contributed by atoms with Gasteiger partial charge >= 0.3 is 17.9 Å². The highest BCUT2D eigenvalue weighted by atomic mass is 19.1. The Labute approximate surface area is 442 Å². The van der Waals surface area contributed by atoms with Crippen LogP contribution in [0.4, 0.5) is 8.78 Å². The minimum atomic E-state index is -1.66. The molecule has 0 heterocycles. The highest BCUT2D eigenvalue weighted by Gasteiger charge is 2.64. The molecule has 4 atom stereocenters. The van der Waals surface area contributed by atoms with E-state index >= 15 is 8.78 Å². The van der Waals surface area contributed by atoms with Gasteiger partial charge in [-0.1, -0.05) is 221 Å². The summed E-state index contributed by atoms with van der Waals surface area (Å²) in [6.45, 7) is 16.4. The molecule has 0 aromatic heterocycles. The van der Waals surface area contributed by atoms with Crippen molar-refractivity contribution >= 4 is 17.9 Å². The Bertz CT molecular complexity index is 1290. The quantitative estimate of drug-likeness (QED) is 0.0341. The number of ether oxygens (including phenoxy) is 3. The van der Waals surface area contributed by atoms with Crippen LogP contribution in [-0.2, 0) is 28.6 Å². The summed E-state index contributed by atoms with van der Waals surface area (Å²) in [5.74, 6) is -2.08. The third kappa shape index (κ3) is 24.9. The average molecular weight is 1020 g/mol. The standard InChI is InChI=1S/C63H115F2NO6/c1-7-13-17-21-25-29-33-38-54(39-34-30-26-22-18-14-8-2)57(64)59(68)71-51-62-45-53-44-61(47-62,50-70-56(67)42-37-43-66(11-5)12-6)48-63(46-53,49-62)52-72-60(69)58(65)55(40-35-31-27-23-19-15-9-3)41-36-32-28-24-20-16-10-4/h53-55,57-58H,7-52H2,1-6H3/t53?,57-,58-,61?,62?,63?/m1/s1. The van der Waals surface area contributed by atoms with Gasteiger partial charge in [0.2, 0.25) is 0 Å². The number of carbonyl (C=O) groups excluding carboxylic acids is 3. The molecule has 4 fully saturated rings. The highest BCUT2D eigenvalue weighted by molar-refractivity contribution is 5.75. The van der Waals surface area contributed by atoms with Crippen LogP contribution >= 0.6 is 0 Å². The van der Waals surface area contributed by atoms with Gasteiger partial charge in [0, 0.05) is 34.5 Å². The first kappa shape index (κ1) is 64.5. The first-order valence-corrected chi connectivity index (χ1v) is 31.4. The maximum atomic E-state index is 16.6. The molecule has 4 rings (SSSR count). The van der Waals surface area contributed by atoms with E-state index in [1.807, 2.05) is 0 Å². The van der Waals surface area contributed by atoms with Crippen molar-refractivity contribution < 1.29 is 37.4 Å². The SMILES string of the molecule is CCCCCCCCCC(CCCCCCCCC)[C@@H](F)C(=O)OCC12CC3CC(COC(=O)CCCN(CC)CC)(C1)CC(COC(=O)[C@H](F)C(CCCCCCCCC)CCCCCCCCC)(C3)C2. The third-order valence-corrected chi connectivity index (χ3v) is 17.7. The fourth-order valence-corrected chi connectivity index (χ4v) is 14.2. The van der Waals surface area contributed by atoms with Gasteiger partial charge < -0.3 is 19.1 Å². The summed E-state index contributed by atoms with van der Waals surface area (Å²) in [4.78, 5) is 43.5. The number of alkyl halides is 2. The second-order valence-electron chi connectivity index (χ2n) is 24.5. The summed E-state index contributed by atoms with van der Waals surface area (Å²) in [6.07, 6.45) is 37.7. The van der Waals surface area contributed by atoms with Crippen molar-refractivity contribution in [2.24, 2.45) is 34.0 Å². The molecule has 0 amide bonds. The van der Waals surface area contributed by atoms with Crippen LogP contribution in [0.1, 0.15) is 298 Å². The van der Waals surface area contributed by atoms with Gasteiger partial charge in [0.05, 0.1) is 19.8 Å². The molecule has 2 unspecified atom stereocenters. The predicted molar refractivity (Wildman–Crippen MR) is 296 cm³/mol. The number of nitrogens with zero attached hydrogens (tertiary/aromatic N) is 1. The molecule has 7 nitrogen and oxygen atoms in total. The molecule has 0 aromatic rings. The smallest absolute Gasteiger partial charge is 0.341 e. The number of esters is 3. The number of carbonyl (C=O) groups is 3. The lowest BCUT2D eigenvalue weighted by molar-refractivity contribution is -0.215. The summed E-state index contributed by atoms with van der Waals surface area (Å²) in [5.41, 5.74) is -1.27. The Hall–Kier alpha value is -1.77. The van der Waals surface area contributed by atoms with Gasteiger partial charge in [0.1, 0.15) is 0 Å². The van der Waals surface area contributed by atoms with Crippen LogP contribution in [0.15, 0.2) is 0 Å². The van der Waals surface area contributed by atoms with E-state index in [9.17, 15) is 14.4 Å². The average Bonchev–Trinajstić information content (AvgIpc) is 3.37. The van der Waals surface area contributed by atoms with Crippen LogP contribution in [-0.4, -0.2) is 74.6 Å². The van der Waals surface area contributed by atoms with E-state index in [4.69, 9.17) is 14.2 Å². The molecule has 4 aliphatic rings. The summed E-state index contributed by atoms with van der Waals surface area (Å²) in [7, 11) is 0. The van der Waals surface area contributed by atoms with Crippen molar-refractivity contribution in [2.75, 3.05) is 39.5 Å². The topological polar surface area (TPSA) is 82.1 Å². The number of unbranched alkanes of at least 4 members (excludes halogenated alkanes) is 24. The largest absolute Gasteiger partial charge is 0.465 e. The Morgan fingerprint density at radius 3 is 1.03 bits per heavy atom. The third-order valence-electron chi connectivity index (χ3n) is 17.7. The fourth-order valence-electron chi connectivity index (χ4n) is 14.2. The maximum absolute atomic E-state index is 16.6. The lowest BCUT2D eigenvalue weighted by atomic mass is 9.40. The van der Waals surface area contributed by atoms with Gasteiger partial charge in [-0.05, 0) is 96.2 Å². The molecule has 0 N–H and O–H groups in total. The normalized spacial score (nSPS) is 22.3. The van der Waals surface area contributed by atoms with Crippen molar-refractivity contribution in [3.63, 3.8) is 0 Å². The first-order chi connectivity index (χ1) is 34.9. The van der Waals surface area contributed by atoms with E-state index in [-0.39, 0.29) is 49.0 Å². The zero-order chi connectivity index (χ0) is 52.3. The van der Waals surface area contributed by atoms with Crippen LogP contribution in [0, 0.1) is 34.0 Å². The van der Waals surface area contributed by atoms with Crippen LogP contribution in [0.5, 0.6) is 0 Å². The highest BCUT2D eigenvalue weighted by Crippen LogP contribution is 2.70. The Morgan fingerprint density at radius 2 is 0.722 bits per heavy atom. The van der Waals surface area contributed by atoms with Crippen LogP contribution in [0.25, 0.3) is 0 Å². The minimum Gasteiger partial charge on any atom is -0.465 e. The second-order valence-corrected chi connectivity index (χ2v) is 24.5. The maximum Gasteiger partial charge on any atom is 0.341 e. The van der Waals surface area contributed by atoms with Crippen molar-refractivity contribution in [3.05, 3.63) is 0 Å². The summed E-state index contributed by atoms with van der Waals surface area (Å²) in [6, 6.07) is 0. The summed E-state index contributed by atoms with van der Waals surface area (Å²) >= 11 is 0. The first-order valence-electron chi connectivity index (χ1n) is 31.4. The van der Waals surface area contributed by atoms with Crippen molar-refractivity contribution in [1.82, 2.24) is 4.90 Å². The van der Waals surface area contributed by atoms with E-state index in [1.165, 1.54) is 103 Å². The van der Waals surface area contributed by atoms with Gasteiger partial charge in [-0.25, -0.2) is 18.4 Å². The monoisotopic (exact) mass is 1020 g/mol. The van der Waals surface area contributed by atoms with Crippen LogP contribution < -0.4 is 0 Å². The van der Waals surface area contributed by atoms with Crippen molar-refractivity contribution in [3.8, 4) is 0 Å². The molecule has 0 radical (unpaired) electrons. The van der Waals surface area contributed by atoms with E-state index in [2.05, 4.69) is 46.4 Å². The molecule has 72 heavy (non-hydrogen) atoms. The van der Waals surface area contributed by atoms with Crippen LogP contribution in [0.3, 0.4) is 0 Å². The number of hydrogen-bond acceptors (Lipinski definition) is 7. The van der Waals surface area contributed by atoms with E-state index in [0.717, 1.165) is 122 Å². The fraction of sp³-hybridized carbons (Fsp3) is 0.952. The predicted octanol–water partition coefficient (Wildman–Crippen LogP) is 18.2. The lowest BCUT2D eigenvalue weighted by Gasteiger charge is -2.66. The molecule has 0 spiro atoms. The molecular weight excluding hydrogens is 905 g/mol. The van der Waals surface area contributed by atoms with Gasteiger partial charge in [-0.2, -0.15) is 0 Å². The molecule has 0 aliphatic heterocycles. The molecule has 422 valence electrons. The number of hydrogen-bond donors (Lipinski definition) is 0. The van der Waals surface area contributed by atoms with Gasteiger partial charge in [-0.3, -0.25) is 4.79 Å². The van der Waals surface area contributed by atoms with Crippen molar-refractivity contribution in [2.45, 2.75) is 311 Å². The number of halogens is 2. The van der Waals surface area contributed by atoms with Gasteiger partial charge in [-0.15, -0.1) is 0 Å². The summed E-state index contributed by atoms with van der Waals surface area (Å²) in [5, 5.41) is 0. The molecule has 0 saturated heterocycles. The lowest BCUT2D eigenvalue weighted by Crippen LogP contribution is -2.61. The van der Waals surface area contributed by atoms with E-state index < -0.39 is 35.1 Å². The molecule has 4 aliphatic carbocycles. The minimum absolute atomic E-state index is 0.115. The summed E-state index contributed by atoms with van der Waals surface area (Å²) < 4.78 is 51.7. The molecule has 0 aromatic carbocycles. The Balaban J connectivity index is 1.75.